The maximum absolute atomic E-state index is 5.53. The molecule has 0 amide bonds. The Bertz CT molecular complexity index is 87.4. The van der Waals surface area contributed by atoms with Crippen molar-refractivity contribution in [2.24, 2.45) is 0 Å². The highest BCUT2D eigenvalue weighted by Crippen LogP contribution is 2.04. The van der Waals surface area contributed by atoms with Crippen LogP contribution < -0.4 is 0 Å². The van der Waals surface area contributed by atoms with Gasteiger partial charge in [0.05, 0.1) is 0 Å². The molecule has 0 saturated carbocycles. The standard InChI is InChI=1S/C5H15O3Si2/c1-6-9(7-2)8-10(3,4)5/h1-5H3. The lowest BCUT2D eigenvalue weighted by Gasteiger charge is -2.20. The summed E-state index contributed by atoms with van der Waals surface area (Å²) in [6.07, 6.45) is 0. The Morgan fingerprint density at radius 3 is 1.50 bits per heavy atom. The van der Waals surface area contributed by atoms with Crippen LogP contribution in [0.3, 0.4) is 0 Å². The molecule has 5 heteroatoms. The summed E-state index contributed by atoms with van der Waals surface area (Å²) in [6, 6.07) is 0. The highest BCUT2D eigenvalue weighted by molar-refractivity contribution is 6.74. The summed E-state index contributed by atoms with van der Waals surface area (Å²) in [6.45, 7) is 6.32. The lowest BCUT2D eigenvalue weighted by atomic mass is 11.8. The van der Waals surface area contributed by atoms with Crippen LogP contribution in [-0.4, -0.2) is 32.1 Å². The van der Waals surface area contributed by atoms with Gasteiger partial charge in [-0.1, -0.05) is 0 Å². The second-order valence-corrected chi connectivity index (χ2v) is 9.23. The third-order valence-corrected chi connectivity index (χ3v) is 4.51. The van der Waals surface area contributed by atoms with Crippen molar-refractivity contribution in [3.05, 3.63) is 0 Å². The molecule has 0 aromatic carbocycles. The maximum Gasteiger partial charge on any atom is 0.565 e. The molecule has 0 bridgehead atoms. The summed E-state index contributed by atoms with van der Waals surface area (Å²) in [7, 11) is 0.332. The number of hydrogen-bond acceptors (Lipinski definition) is 3. The third-order valence-electron chi connectivity index (χ3n) is 0.723. The van der Waals surface area contributed by atoms with E-state index >= 15 is 0 Å². The van der Waals surface area contributed by atoms with Crippen LogP contribution in [0.15, 0.2) is 0 Å². The van der Waals surface area contributed by atoms with Crippen molar-refractivity contribution in [2.45, 2.75) is 19.6 Å². The van der Waals surface area contributed by atoms with E-state index in [1.165, 1.54) is 0 Å². The Balaban J connectivity index is 3.63. The molecule has 0 aliphatic rings. The molecule has 3 nitrogen and oxygen atoms in total. The highest BCUT2D eigenvalue weighted by atomic mass is 28.4. The molecule has 0 atom stereocenters. The molecular weight excluding hydrogens is 164 g/mol. The van der Waals surface area contributed by atoms with Gasteiger partial charge in [0.1, 0.15) is 0 Å². The second kappa shape index (κ2) is 4.25. The Morgan fingerprint density at radius 1 is 1.00 bits per heavy atom. The van der Waals surface area contributed by atoms with Gasteiger partial charge in [-0.05, 0) is 19.6 Å². The fourth-order valence-electron chi connectivity index (χ4n) is 0.417. The molecule has 0 aliphatic carbocycles. The number of hydrogen-bond donors (Lipinski definition) is 0. The molecule has 0 N–H and O–H groups in total. The summed E-state index contributed by atoms with van der Waals surface area (Å²) in [5.41, 5.74) is 0. The molecule has 0 aromatic rings. The van der Waals surface area contributed by atoms with Gasteiger partial charge in [-0.15, -0.1) is 0 Å². The van der Waals surface area contributed by atoms with Gasteiger partial charge in [0, 0.05) is 14.2 Å². The van der Waals surface area contributed by atoms with Gasteiger partial charge in [0.15, 0.2) is 8.32 Å². The molecule has 0 aliphatic heterocycles. The second-order valence-electron chi connectivity index (χ2n) is 2.87. The van der Waals surface area contributed by atoms with Gasteiger partial charge in [0.2, 0.25) is 0 Å². The molecule has 0 rings (SSSR count). The van der Waals surface area contributed by atoms with Crippen molar-refractivity contribution in [3.63, 3.8) is 0 Å². The summed E-state index contributed by atoms with van der Waals surface area (Å²) in [5.74, 6) is 0. The van der Waals surface area contributed by atoms with Crippen LogP contribution in [0.5, 0.6) is 0 Å². The monoisotopic (exact) mass is 179 g/mol. The van der Waals surface area contributed by atoms with Crippen LogP contribution in [0.1, 0.15) is 0 Å². The molecule has 10 heavy (non-hydrogen) atoms. The van der Waals surface area contributed by atoms with E-state index in [0.717, 1.165) is 0 Å². The molecule has 0 aromatic heterocycles. The molecule has 0 spiro atoms. The van der Waals surface area contributed by atoms with E-state index in [4.69, 9.17) is 13.0 Å². The average Bonchev–Trinajstić information content (AvgIpc) is 1.81. The fraction of sp³-hybridized carbons (Fsp3) is 1.00. The van der Waals surface area contributed by atoms with Gasteiger partial charge >= 0.3 is 9.53 Å². The SMILES string of the molecule is CO[Si](OC)O[Si](C)(C)C. The first-order chi connectivity index (χ1) is 4.49. The van der Waals surface area contributed by atoms with E-state index in [9.17, 15) is 0 Å². The van der Waals surface area contributed by atoms with Crippen molar-refractivity contribution < 1.29 is 13.0 Å². The van der Waals surface area contributed by atoms with Gasteiger partial charge in [-0.3, -0.25) is 0 Å². The molecule has 0 saturated heterocycles. The van der Waals surface area contributed by atoms with Crippen LogP contribution >= 0.6 is 0 Å². The molecule has 61 valence electrons. The fourth-order valence-corrected chi connectivity index (χ4v) is 3.25. The van der Waals surface area contributed by atoms with Crippen LogP contribution in [0.2, 0.25) is 19.6 Å². The largest absolute Gasteiger partial charge is 0.565 e. The van der Waals surface area contributed by atoms with E-state index in [0.29, 0.717) is 0 Å². The zero-order valence-corrected chi connectivity index (χ0v) is 9.22. The molecule has 0 unspecified atom stereocenters. The Hall–Kier alpha value is 0.314. The summed E-state index contributed by atoms with van der Waals surface area (Å²) in [5, 5.41) is 0. The average molecular weight is 179 g/mol. The first-order valence-corrected chi connectivity index (χ1v) is 7.77. The van der Waals surface area contributed by atoms with Crippen LogP contribution in [0.25, 0.3) is 0 Å². The maximum atomic E-state index is 5.53. The molecule has 0 fully saturated rings. The zero-order chi connectivity index (χ0) is 8.20. The first kappa shape index (κ1) is 10.3. The van der Waals surface area contributed by atoms with E-state index in [1.807, 2.05) is 0 Å². The van der Waals surface area contributed by atoms with E-state index in [2.05, 4.69) is 19.6 Å². The topological polar surface area (TPSA) is 27.7 Å². The predicted octanol–water partition coefficient (Wildman–Crippen LogP) is 1.12. The van der Waals surface area contributed by atoms with Crippen molar-refractivity contribution >= 4 is 17.8 Å². The first-order valence-electron chi connectivity index (χ1n) is 3.13. The predicted molar refractivity (Wildman–Crippen MR) is 44.2 cm³/mol. The minimum atomic E-state index is -1.47. The van der Waals surface area contributed by atoms with E-state index in [-0.39, 0.29) is 0 Å². The summed E-state index contributed by atoms with van der Waals surface area (Å²) in [4.78, 5) is 0. The van der Waals surface area contributed by atoms with E-state index < -0.39 is 17.8 Å². The third kappa shape index (κ3) is 5.13. The van der Waals surface area contributed by atoms with Crippen molar-refractivity contribution in [1.29, 1.82) is 0 Å². The van der Waals surface area contributed by atoms with Crippen LogP contribution in [-0.2, 0) is 13.0 Å². The summed E-state index contributed by atoms with van der Waals surface area (Å²) >= 11 is 0. The van der Waals surface area contributed by atoms with Crippen molar-refractivity contribution in [3.8, 4) is 0 Å². The lowest BCUT2D eigenvalue weighted by molar-refractivity contribution is 0.199. The Labute approximate surface area is 65.4 Å². The number of rotatable bonds is 4. The zero-order valence-electron chi connectivity index (χ0n) is 7.22. The molecular formula is C5H15O3Si2. The van der Waals surface area contributed by atoms with Gasteiger partial charge < -0.3 is 13.0 Å². The summed E-state index contributed by atoms with van der Waals surface area (Å²) < 4.78 is 15.5. The van der Waals surface area contributed by atoms with Crippen molar-refractivity contribution in [1.82, 2.24) is 0 Å². The Morgan fingerprint density at radius 2 is 1.40 bits per heavy atom. The molecule has 1 radical (unpaired) electrons. The normalized spacial score (nSPS) is 12.6. The van der Waals surface area contributed by atoms with Gasteiger partial charge in [0.25, 0.3) is 0 Å². The minimum Gasteiger partial charge on any atom is -0.414 e. The van der Waals surface area contributed by atoms with Gasteiger partial charge in [-0.2, -0.15) is 0 Å². The van der Waals surface area contributed by atoms with E-state index in [1.54, 1.807) is 14.2 Å². The minimum absolute atomic E-state index is 1.42. The van der Waals surface area contributed by atoms with Gasteiger partial charge in [-0.25, -0.2) is 0 Å². The quantitative estimate of drug-likeness (QED) is 0.605. The highest BCUT2D eigenvalue weighted by Gasteiger charge is 2.25. The molecule has 0 heterocycles. The smallest absolute Gasteiger partial charge is 0.414 e. The Kier molecular flexibility index (Phi) is 4.38. The van der Waals surface area contributed by atoms with Crippen LogP contribution in [0, 0.1) is 0 Å². The van der Waals surface area contributed by atoms with Crippen molar-refractivity contribution in [2.75, 3.05) is 14.2 Å². The van der Waals surface area contributed by atoms with Crippen LogP contribution in [0.4, 0.5) is 0 Å². The lowest BCUT2D eigenvalue weighted by Crippen LogP contribution is -2.37.